The molecule has 2 N–H and O–H groups in total. The molecule has 0 bridgehead atoms. The minimum absolute atomic E-state index is 0.333. The van der Waals surface area contributed by atoms with Gasteiger partial charge < -0.3 is 24.6 Å². The highest BCUT2D eigenvalue weighted by molar-refractivity contribution is 5.73. The molecule has 0 aromatic rings. The Morgan fingerprint density at radius 3 is 2.39 bits per heavy atom. The molecule has 7 nitrogen and oxygen atoms in total. The molecule has 1 amide bonds. The van der Waals surface area contributed by atoms with Crippen molar-refractivity contribution in [2.24, 2.45) is 0 Å². The lowest BCUT2D eigenvalue weighted by atomic mass is 9.96. The molecule has 104 valence electrons. The molecule has 1 fully saturated rings. The monoisotopic (exact) mass is 261 g/mol. The van der Waals surface area contributed by atoms with Gasteiger partial charge in [-0.2, -0.15) is 0 Å². The van der Waals surface area contributed by atoms with E-state index in [9.17, 15) is 14.7 Å². The van der Waals surface area contributed by atoms with Gasteiger partial charge in [0.15, 0.2) is 12.4 Å². The smallest absolute Gasteiger partial charge is 0.303 e. The van der Waals surface area contributed by atoms with Crippen molar-refractivity contribution in [3.8, 4) is 0 Å². The van der Waals surface area contributed by atoms with E-state index in [-0.39, 0.29) is 5.91 Å². The molecule has 0 radical (unpaired) electrons. The largest absolute Gasteiger partial charge is 0.457 e. The van der Waals surface area contributed by atoms with Gasteiger partial charge in [-0.3, -0.25) is 9.59 Å². The number of rotatable bonds is 3. The Balaban J connectivity index is 2.89. The summed E-state index contributed by atoms with van der Waals surface area (Å²) in [4.78, 5) is 22.2. The van der Waals surface area contributed by atoms with Gasteiger partial charge in [0.1, 0.15) is 6.10 Å². The fraction of sp³-hybridized carbons (Fsp3) is 0.818. The second kappa shape index (κ2) is 6.12. The molecule has 7 heteroatoms. The zero-order chi connectivity index (χ0) is 13.9. The highest BCUT2D eigenvalue weighted by Crippen LogP contribution is 2.24. The lowest BCUT2D eigenvalue weighted by Gasteiger charge is -2.42. The number of aliphatic hydroxyl groups is 1. The summed E-state index contributed by atoms with van der Waals surface area (Å²) in [6.45, 7) is 4.26. The summed E-state index contributed by atoms with van der Waals surface area (Å²) in [6, 6.07) is -0.764. The predicted octanol–water partition coefficient (Wildman–Crippen LogP) is -0.825. The van der Waals surface area contributed by atoms with E-state index < -0.39 is 36.6 Å². The average molecular weight is 261 g/mol. The van der Waals surface area contributed by atoms with Crippen molar-refractivity contribution in [3.63, 3.8) is 0 Å². The Morgan fingerprint density at radius 2 is 1.94 bits per heavy atom. The number of hydrogen-bond acceptors (Lipinski definition) is 6. The summed E-state index contributed by atoms with van der Waals surface area (Å²) in [5, 5.41) is 12.6. The van der Waals surface area contributed by atoms with Crippen molar-refractivity contribution >= 4 is 11.9 Å². The predicted molar refractivity (Wildman–Crippen MR) is 60.5 cm³/mol. The van der Waals surface area contributed by atoms with Crippen molar-refractivity contribution in [2.75, 3.05) is 7.11 Å². The lowest BCUT2D eigenvalue weighted by Crippen LogP contribution is -2.64. The van der Waals surface area contributed by atoms with E-state index in [1.807, 2.05) is 0 Å². The maximum atomic E-state index is 11.1. The Morgan fingerprint density at radius 1 is 1.33 bits per heavy atom. The van der Waals surface area contributed by atoms with Crippen LogP contribution in [0, 0.1) is 0 Å². The van der Waals surface area contributed by atoms with Gasteiger partial charge in [-0.1, -0.05) is 0 Å². The third-order valence-corrected chi connectivity index (χ3v) is 2.72. The van der Waals surface area contributed by atoms with E-state index in [1.54, 1.807) is 6.92 Å². The van der Waals surface area contributed by atoms with Crippen LogP contribution in [0.2, 0.25) is 0 Å². The van der Waals surface area contributed by atoms with Crippen LogP contribution in [-0.2, 0) is 23.8 Å². The number of nitrogens with one attached hydrogen (secondary N) is 1. The van der Waals surface area contributed by atoms with Gasteiger partial charge in [0.2, 0.25) is 5.91 Å². The third-order valence-electron chi connectivity index (χ3n) is 2.72. The minimum Gasteiger partial charge on any atom is -0.457 e. The van der Waals surface area contributed by atoms with Gasteiger partial charge in [-0.25, -0.2) is 0 Å². The van der Waals surface area contributed by atoms with Gasteiger partial charge >= 0.3 is 5.97 Å². The molecular weight excluding hydrogens is 242 g/mol. The fourth-order valence-electron chi connectivity index (χ4n) is 1.98. The number of hydrogen-bond donors (Lipinski definition) is 2. The Labute approximate surface area is 105 Å². The van der Waals surface area contributed by atoms with E-state index in [0.717, 1.165) is 0 Å². The molecule has 1 saturated heterocycles. The number of amides is 1. The molecule has 0 saturated carbocycles. The average Bonchev–Trinajstić information content (AvgIpc) is 2.27. The first kappa shape index (κ1) is 14.9. The van der Waals surface area contributed by atoms with Gasteiger partial charge in [0.05, 0.1) is 12.1 Å². The zero-order valence-electron chi connectivity index (χ0n) is 10.9. The highest BCUT2D eigenvalue weighted by Gasteiger charge is 2.46. The molecule has 0 spiro atoms. The summed E-state index contributed by atoms with van der Waals surface area (Å²) in [5.74, 6) is -0.839. The van der Waals surface area contributed by atoms with Gasteiger partial charge in [0.25, 0.3) is 0 Å². The molecule has 1 rings (SSSR count). The van der Waals surface area contributed by atoms with Crippen molar-refractivity contribution in [2.45, 2.75) is 51.4 Å². The molecule has 0 aromatic carbocycles. The van der Waals surface area contributed by atoms with Gasteiger partial charge in [-0.05, 0) is 6.92 Å². The number of aliphatic hydroxyl groups excluding tert-OH is 1. The van der Waals surface area contributed by atoms with Crippen LogP contribution < -0.4 is 5.32 Å². The van der Waals surface area contributed by atoms with Crippen LogP contribution in [0.5, 0.6) is 0 Å². The van der Waals surface area contributed by atoms with Crippen molar-refractivity contribution in [1.82, 2.24) is 5.32 Å². The van der Waals surface area contributed by atoms with Crippen molar-refractivity contribution in [3.05, 3.63) is 0 Å². The van der Waals surface area contributed by atoms with E-state index in [4.69, 9.17) is 14.2 Å². The van der Waals surface area contributed by atoms with Crippen molar-refractivity contribution in [1.29, 1.82) is 0 Å². The topological polar surface area (TPSA) is 94.1 Å². The summed E-state index contributed by atoms with van der Waals surface area (Å²) in [7, 11) is 1.39. The maximum absolute atomic E-state index is 11.1. The first-order valence-corrected chi connectivity index (χ1v) is 5.67. The van der Waals surface area contributed by atoms with Crippen LogP contribution in [-0.4, -0.2) is 54.7 Å². The highest BCUT2D eigenvalue weighted by atomic mass is 16.7. The molecule has 18 heavy (non-hydrogen) atoms. The van der Waals surface area contributed by atoms with Crippen LogP contribution in [0.15, 0.2) is 0 Å². The number of ether oxygens (including phenoxy) is 3. The minimum atomic E-state index is -1.11. The molecule has 1 aliphatic heterocycles. The number of carbonyl (C=O) groups excluding carboxylic acids is 2. The Kier molecular flexibility index (Phi) is 5.06. The molecule has 0 unspecified atom stereocenters. The van der Waals surface area contributed by atoms with Crippen LogP contribution in [0.1, 0.15) is 20.8 Å². The summed E-state index contributed by atoms with van der Waals surface area (Å²) >= 11 is 0. The third kappa shape index (κ3) is 3.41. The summed E-state index contributed by atoms with van der Waals surface area (Å²) in [6.07, 6.45) is -3.24. The second-order valence-electron chi connectivity index (χ2n) is 4.24. The van der Waals surface area contributed by atoms with Crippen LogP contribution in [0.25, 0.3) is 0 Å². The number of carbonyl (C=O) groups is 2. The van der Waals surface area contributed by atoms with E-state index >= 15 is 0 Å². The quantitative estimate of drug-likeness (QED) is 0.644. The van der Waals surface area contributed by atoms with Crippen LogP contribution >= 0.6 is 0 Å². The Hall–Kier alpha value is -1.18. The first-order valence-electron chi connectivity index (χ1n) is 5.67. The molecule has 0 aromatic heterocycles. The normalized spacial score (nSPS) is 35.9. The molecule has 0 aliphatic carbocycles. The molecule has 5 atom stereocenters. The SMILES string of the molecule is CO[C@@H]1O[C@H](C)[C@@H](OC(C)=O)[C@H](NC(C)=O)[C@H]1O. The standard InChI is InChI=1S/C11H19NO6/c1-5-10(18-7(3)14)8(12-6(2)13)9(15)11(16-4)17-5/h5,8-11,15H,1-4H3,(H,12,13)/t5-,8-,9-,10-,11-/m1/s1. The Bertz CT molecular complexity index is 321. The van der Waals surface area contributed by atoms with E-state index in [2.05, 4.69) is 5.32 Å². The van der Waals surface area contributed by atoms with E-state index in [1.165, 1.54) is 21.0 Å². The first-order chi connectivity index (χ1) is 8.36. The lowest BCUT2D eigenvalue weighted by molar-refractivity contribution is -0.265. The summed E-state index contributed by atoms with van der Waals surface area (Å²) < 4.78 is 15.4. The van der Waals surface area contributed by atoms with Crippen LogP contribution in [0.4, 0.5) is 0 Å². The van der Waals surface area contributed by atoms with E-state index in [0.29, 0.717) is 0 Å². The molecular formula is C11H19NO6. The van der Waals surface area contributed by atoms with Gasteiger partial charge in [0, 0.05) is 21.0 Å². The van der Waals surface area contributed by atoms with Crippen LogP contribution in [0.3, 0.4) is 0 Å². The molecule has 1 heterocycles. The number of esters is 1. The van der Waals surface area contributed by atoms with Crippen molar-refractivity contribution < 1.29 is 28.9 Å². The van der Waals surface area contributed by atoms with Gasteiger partial charge in [-0.15, -0.1) is 0 Å². The fourth-order valence-corrected chi connectivity index (χ4v) is 1.98. The summed E-state index contributed by atoms with van der Waals surface area (Å²) in [5.41, 5.74) is 0. The molecule has 1 aliphatic rings. The second-order valence-corrected chi connectivity index (χ2v) is 4.24. The maximum Gasteiger partial charge on any atom is 0.303 e. The number of methoxy groups -OCH3 is 1. The zero-order valence-corrected chi connectivity index (χ0v) is 10.9.